The number of hydrogen-bond acceptors (Lipinski definition) is 8. The molecule has 10 heteroatoms. The number of halogens is 1. The van der Waals surface area contributed by atoms with Crippen LogP contribution in [0.5, 0.6) is 0 Å². The van der Waals surface area contributed by atoms with Crippen LogP contribution in [0, 0.1) is 15.9 Å². The first-order chi connectivity index (χ1) is 11.4. The lowest BCUT2D eigenvalue weighted by Crippen LogP contribution is -2.39. The molecule has 0 spiro atoms. The predicted molar refractivity (Wildman–Crippen MR) is 77.4 cm³/mol. The summed E-state index contributed by atoms with van der Waals surface area (Å²) in [5.41, 5.74) is -1.20. The van der Waals surface area contributed by atoms with Crippen molar-refractivity contribution < 1.29 is 33.1 Å². The van der Waals surface area contributed by atoms with Crippen molar-refractivity contribution in [2.45, 2.75) is 0 Å². The molecule has 0 saturated carbocycles. The van der Waals surface area contributed by atoms with Gasteiger partial charge >= 0.3 is 11.9 Å². The highest BCUT2D eigenvalue weighted by Crippen LogP contribution is 2.34. The SMILES string of the molecule is COC(=O)C1=C(C(=O)OC)N(c2cc(F)ccc2[N+](=O)[O-])COC1. The molecule has 0 aromatic heterocycles. The zero-order chi connectivity index (χ0) is 17.9. The van der Waals surface area contributed by atoms with Crippen molar-refractivity contribution in [3.05, 3.63) is 45.4 Å². The quantitative estimate of drug-likeness (QED) is 0.456. The van der Waals surface area contributed by atoms with Gasteiger partial charge < -0.3 is 19.1 Å². The maximum absolute atomic E-state index is 13.6. The van der Waals surface area contributed by atoms with E-state index in [0.29, 0.717) is 0 Å². The number of anilines is 1. The molecule has 0 radical (unpaired) electrons. The van der Waals surface area contributed by atoms with Crippen LogP contribution in [0.3, 0.4) is 0 Å². The van der Waals surface area contributed by atoms with Gasteiger partial charge in [0.05, 0.1) is 31.3 Å². The molecule has 0 N–H and O–H groups in total. The highest BCUT2D eigenvalue weighted by molar-refractivity contribution is 6.03. The Kier molecular flexibility index (Phi) is 5.09. The molecule has 0 amide bonds. The minimum Gasteiger partial charge on any atom is -0.466 e. The lowest BCUT2D eigenvalue weighted by Gasteiger charge is -2.30. The normalized spacial score (nSPS) is 14.4. The number of carbonyl (C=O) groups excluding carboxylic acids is 2. The van der Waals surface area contributed by atoms with Gasteiger partial charge in [-0.3, -0.25) is 10.1 Å². The fourth-order valence-electron chi connectivity index (χ4n) is 2.20. The molecule has 128 valence electrons. The van der Waals surface area contributed by atoms with Crippen LogP contribution in [0.4, 0.5) is 15.8 Å². The van der Waals surface area contributed by atoms with Gasteiger partial charge in [0, 0.05) is 12.1 Å². The molecule has 0 bridgehead atoms. The number of nitrogens with zero attached hydrogens (tertiary/aromatic N) is 2. The minimum atomic E-state index is -0.933. The molecule has 2 rings (SSSR count). The van der Waals surface area contributed by atoms with Gasteiger partial charge in [0.1, 0.15) is 23.9 Å². The Morgan fingerprint density at radius 1 is 1.29 bits per heavy atom. The Bertz CT molecular complexity index is 732. The summed E-state index contributed by atoms with van der Waals surface area (Å²) in [6.45, 7) is -0.564. The Morgan fingerprint density at radius 2 is 1.96 bits per heavy atom. The molecule has 1 heterocycles. The van der Waals surface area contributed by atoms with Gasteiger partial charge in [-0.2, -0.15) is 0 Å². The molecule has 0 saturated heterocycles. The molecule has 1 aromatic rings. The van der Waals surface area contributed by atoms with Crippen molar-refractivity contribution in [1.29, 1.82) is 0 Å². The van der Waals surface area contributed by atoms with E-state index < -0.39 is 28.4 Å². The van der Waals surface area contributed by atoms with Crippen LogP contribution in [0.2, 0.25) is 0 Å². The Balaban J connectivity index is 2.68. The fraction of sp³-hybridized carbons (Fsp3) is 0.286. The smallest absolute Gasteiger partial charge is 0.355 e. The molecule has 0 fully saturated rings. The van der Waals surface area contributed by atoms with Gasteiger partial charge in [-0.15, -0.1) is 0 Å². The lowest BCUT2D eigenvalue weighted by molar-refractivity contribution is -0.384. The maximum Gasteiger partial charge on any atom is 0.355 e. The summed E-state index contributed by atoms with van der Waals surface area (Å²) in [7, 11) is 2.19. The van der Waals surface area contributed by atoms with E-state index in [2.05, 4.69) is 9.47 Å². The molecule has 9 nitrogen and oxygen atoms in total. The standard InChI is InChI=1S/C14H13FN2O7/c1-22-13(18)9-6-24-7-16(12(9)14(19)23-2)11-5-8(15)3-4-10(11)17(20)21/h3-5H,6-7H2,1-2H3. The van der Waals surface area contributed by atoms with Crippen LogP contribution in [-0.4, -0.2) is 44.4 Å². The first kappa shape index (κ1) is 17.3. The van der Waals surface area contributed by atoms with E-state index in [1.807, 2.05) is 0 Å². The highest BCUT2D eigenvalue weighted by Gasteiger charge is 2.35. The van der Waals surface area contributed by atoms with Crippen LogP contribution in [0.15, 0.2) is 29.5 Å². The third-order valence-electron chi connectivity index (χ3n) is 3.26. The van der Waals surface area contributed by atoms with Crippen LogP contribution in [0.1, 0.15) is 0 Å². The van der Waals surface area contributed by atoms with E-state index in [9.17, 15) is 24.1 Å². The summed E-state index contributed by atoms with van der Waals surface area (Å²) in [6, 6.07) is 2.73. The topological polar surface area (TPSA) is 108 Å². The molecule has 0 atom stereocenters. The number of esters is 2. The van der Waals surface area contributed by atoms with E-state index in [4.69, 9.17) is 4.74 Å². The monoisotopic (exact) mass is 340 g/mol. The minimum absolute atomic E-state index is 0.186. The third kappa shape index (κ3) is 3.18. The van der Waals surface area contributed by atoms with Gasteiger partial charge in [0.2, 0.25) is 0 Å². The second-order valence-electron chi connectivity index (χ2n) is 4.61. The van der Waals surface area contributed by atoms with E-state index >= 15 is 0 Å². The second-order valence-corrected chi connectivity index (χ2v) is 4.61. The van der Waals surface area contributed by atoms with Crippen LogP contribution in [0.25, 0.3) is 0 Å². The van der Waals surface area contributed by atoms with Gasteiger partial charge in [0.25, 0.3) is 5.69 Å². The second kappa shape index (κ2) is 7.04. The Hall–Kier alpha value is -3.01. The summed E-state index contributed by atoms with van der Waals surface area (Å²) in [4.78, 5) is 35.4. The van der Waals surface area contributed by atoms with Gasteiger partial charge in [-0.1, -0.05) is 0 Å². The largest absolute Gasteiger partial charge is 0.466 e. The number of rotatable bonds is 4. The van der Waals surface area contributed by atoms with Crippen LogP contribution < -0.4 is 4.90 Å². The fourth-order valence-corrected chi connectivity index (χ4v) is 2.20. The van der Waals surface area contributed by atoms with E-state index in [1.54, 1.807) is 0 Å². The predicted octanol–water partition coefficient (Wildman–Crippen LogP) is 1.13. The van der Waals surface area contributed by atoms with Gasteiger partial charge in [-0.05, 0) is 6.07 Å². The average Bonchev–Trinajstić information content (AvgIpc) is 2.59. The zero-order valence-electron chi connectivity index (χ0n) is 12.8. The van der Waals surface area contributed by atoms with Crippen molar-refractivity contribution in [3.63, 3.8) is 0 Å². The van der Waals surface area contributed by atoms with Crippen LogP contribution in [-0.2, 0) is 23.8 Å². The number of nitro groups is 1. The van der Waals surface area contributed by atoms with E-state index in [-0.39, 0.29) is 30.3 Å². The average molecular weight is 340 g/mol. The van der Waals surface area contributed by atoms with Gasteiger partial charge in [-0.25, -0.2) is 14.0 Å². The Morgan fingerprint density at radius 3 is 2.54 bits per heavy atom. The maximum atomic E-state index is 13.6. The van der Waals surface area contributed by atoms with Crippen molar-refractivity contribution in [1.82, 2.24) is 0 Å². The van der Waals surface area contributed by atoms with Crippen molar-refractivity contribution >= 4 is 23.3 Å². The van der Waals surface area contributed by atoms with Gasteiger partial charge in [0.15, 0.2) is 0 Å². The first-order valence-corrected chi connectivity index (χ1v) is 6.59. The molecule has 24 heavy (non-hydrogen) atoms. The summed E-state index contributed by atoms with van der Waals surface area (Å²) < 4.78 is 28.0. The molecular weight excluding hydrogens is 327 g/mol. The van der Waals surface area contributed by atoms with Crippen molar-refractivity contribution in [3.8, 4) is 0 Å². The van der Waals surface area contributed by atoms with Crippen molar-refractivity contribution in [2.75, 3.05) is 32.5 Å². The molecule has 1 aromatic carbocycles. The lowest BCUT2D eigenvalue weighted by atomic mass is 10.1. The molecule has 1 aliphatic heterocycles. The molecule has 1 aliphatic rings. The van der Waals surface area contributed by atoms with Crippen LogP contribution >= 0.6 is 0 Å². The Labute approximate surface area is 135 Å². The zero-order valence-corrected chi connectivity index (χ0v) is 12.8. The number of ether oxygens (including phenoxy) is 3. The molecule has 0 unspecified atom stereocenters. The molecule has 0 aliphatic carbocycles. The first-order valence-electron chi connectivity index (χ1n) is 6.59. The van der Waals surface area contributed by atoms with E-state index in [1.165, 1.54) is 0 Å². The van der Waals surface area contributed by atoms with E-state index in [0.717, 1.165) is 37.3 Å². The number of hydrogen-bond donors (Lipinski definition) is 0. The summed E-state index contributed by atoms with van der Waals surface area (Å²) in [6.07, 6.45) is 0. The number of carbonyl (C=O) groups is 2. The summed E-state index contributed by atoms with van der Waals surface area (Å²) in [5.74, 6) is -2.55. The molecular formula is C14H13FN2O7. The number of benzene rings is 1. The number of methoxy groups -OCH3 is 2. The summed E-state index contributed by atoms with van der Waals surface area (Å²) in [5, 5.41) is 11.2. The third-order valence-corrected chi connectivity index (χ3v) is 3.26. The highest BCUT2D eigenvalue weighted by atomic mass is 19.1. The summed E-state index contributed by atoms with van der Waals surface area (Å²) >= 11 is 0. The van der Waals surface area contributed by atoms with Crippen molar-refractivity contribution in [2.24, 2.45) is 0 Å². The number of nitro benzene ring substituents is 1.